The van der Waals surface area contributed by atoms with Gasteiger partial charge in [0.15, 0.2) is 0 Å². The molecule has 160 valence electrons. The Kier molecular flexibility index (Phi) is 4.36. The molecule has 2 saturated heterocycles. The second-order valence-corrected chi connectivity index (χ2v) is 8.85. The molecule has 1 unspecified atom stereocenters. The van der Waals surface area contributed by atoms with Gasteiger partial charge in [-0.3, -0.25) is 4.79 Å². The van der Waals surface area contributed by atoms with Crippen LogP contribution >= 0.6 is 11.6 Å². The lowest BCUT2D eigenvalue weighted by molar-refractivity contribution is 0.0203. The van der Waals surface area contributed by atoms with Gasteiger partial charge in [0.25, 0.3) is 0 Å². The van der Waals surface area contributed by atoms with Crippen molar-refractivity contribution in [2.45, 2.75) is 30.6 Å². The minimum atomic E-state index is -1.46. The van der Waals surface area contributed by atoms with Crippen LogP contribution in [0.2, 0.25) is 5.02 Å². The number of carbonyl (C=O) groups is 1. The molecule has 0 amide bonds. The molecule has 0 bridgehead atoms. The predicted molar refractivity (Wildman–Crippen MR) is 107 cm³/mol. The minimum absolute atomic E-state index is 0.0405. The molecule has 3 N–H and O–H groups in total. The van der Waals surface area contributed by atoms with E-state index in [1.807, 2.05) is 0 Å². The fourth-order valence-electron chi connectivity index (χ4n) is 4.77. The van der Waals surface area contributed by atoms with Crippen LogP contribution < -0.4 is 16.1 Å². The van der Waals surface area contributed by atoms with Crippen molar-refractivity contribution < 1.29 is 23.4 Å². The summed E-state index contributed by atoms with van der Waals surface area (Å²) >= 11 is 6.62. The molecule has 1 aromatic carbocycles. The molecule has 0 spiro atoms. The topological polar surface area (TPSA) is 97.8 Å². The number of nitrogens with two attached hydrogens (primary N) is 1. The van der Waals surface area contributed by atoms with Crippen molar-refractivity contribution in [3.05, 3.63) is 38.9 Å². The van der Waals surface area contributed by atoms with Crippen LogP contribution in [0.25, 0.3) is 10.9 Å². The summed E-state index contributed by atoms with van der Waals surface area (Å²) in [6.45, 7) is 1.75. The number of hydrogen-bond acceptors (Lipinski definition) is 5. The number of anilines is 1. The number of ether oxygens (including phenoxy) is 1. The van der Waals surface area contributed by atoms with Gasteiger partial charge in [0.2, 0.25) is 5.43 Å². The zero-order valence-corrected chi connectivity index (χ0v) is 16.7. The second kappa shape index (κ2) is 6.63. The van der Waals surface area contributed by atoms with E-state index in [1.165, 1.54) is 4.57 Å². The molecule has 7 nitrogen and oxygen atoms in total. The minimum Gasteiger partial charge on any atom is -0.477 e. The van der Waals surface area contributed by atoms with Crippen molar-refractivity contribution in [1.29, 1.82) is 0 Å². The Morgan fingerprint density at radius 1 is 1.43 bits per heavy atom. The number of aromatic nitrogens is 1. The van der Waals surface area contributed by atoms with Gasteiger partial charge in [-0.05, 0) is 12.5 Å². The van der Waals surface area contributed by atoms with Gasteiger partial charge in [-0.1, -0.05) is 11.6 Å². The van der Waals surface area contributed by atoms with Crippen LogP contribution in [0.15, 0.2) is 17.1 Å². The van der Waals surface area contributed by atoms with Gasteiger partial charge in [-0.25, -0.2) is 13.6 Å². The van der Waals surface area contributed by atoms with Crippen molar-refractivity contribution in [3.8, 4) is 0 Å². The first-order valence-electron chi connectivity index (χ1n) is 9.77. The molecular formula is C20H20ClF2N3O4. The van der Waals surface area contributed by atoms with Gasteiger partial charge in [0.1, 0.15) is 17.6 Å². The Balaban J connectivity index is 1.71. The molecule has 1 saturated carbocycles. The lowest BCUT2D eigenvalue weighted by atomic mass is 9.85. The molecule has 5 rings (SSSR count). The smallest absolute Gasteiger partial charge is 0.341 e. The van der Waals surface area contributed by atoms with E-state index in [0.717, 1.165) is 18.7 Å². The second-order valence-electron chi connectivity index (χ2n) is 8.47. The quantitative estimate of drug-likeness (QED) is 0.761. The number of aromatic carboxylic acids is 1. The van der Waals surface area contributed by atoms with Crippen molar-refractivity contribution >= 4 is 34.2 Å². The van der Waals surface area contributed by atoms with Crippen molar-refractivity contribution in [2.24, 2.45) is 11.7 Å². The standard InChI is InChI=1S/C20H20ClF2N3O4/c21-15-16-10(18(27)11(19(28)29)6-26(16)14-4-12(14)22)3-13(23)17(15)25-5-9-1-2-30-8-20(9,24)7-25/h3,6,9,12,14H,1-2,4-5,7-8,24H2,(H,28,29)/t9-,12-,14?,20-/m0/s1. The number of carboxylic acids is 1. The maximum absolute atomic E-state index is 15.2. The number of hydrogen-bond donors (Lipinski definition) is 2. The normalized spacial score (nSPS) is 30.5. The fraction of sp³-hybridized carbons (Fsp3) is 0.500. The van der Waals surface area contributed by atoms with Gasteiger partial charge in [0.05, 0.1) is 39.8 Å². The summed E-state index contributed by atoms with van der Waals surface area (Å²) in [5.74, 6) is -2.09. The van der Waals surface area contributed by atoms with Crippen LogP contribution in [0.4, 0.5) is 14.5 Å². The van der Waals surface area contributed by atoms with E-state index in [-0.39, 0.29) is 34.0 Å². The van der Waals surface area contributed by atoms with Crippen LogP contribution in [-0.4, -0.2) is 53.7 Å². The van der Waals surface area contributed by atoms with E-state index in [0.29, 0.717) is 26.3 Å². The number of fused-ring (bicyclic) bond motifs is 2. The van der Waals surface area contributed by atoms with Gasteiger partial charge in [0, 0.05) is 38.2 Å². The van der Waals surface area contributed by atoms with Crippen LogP contribution in [0.1, 0.15) is 29.2 Å². The maximum Gasteiger partial charge on any atom is 0.341 e. The Labute approximate surface area is 175 Å². The summed E-state index contributed by atoms with van der Waals surface area (Å²) in [6, 6.07) is 0.358. The third kappa shape index (κ3) is 2.83. The Hall–Kier alpha value is -2.23. The molecule has 10 heteroatoms. The van der Waals surface area contributed by atoms with E-state index in [4.69, 9.17) is 22.1 Å². The average molecular weight is 440 g/mol. The van der Waals surface area contributed by atoms with Gasteiger partial charge >= 0.3 is 5.97 Å². The average Bonchev–Trinajstić information content (AvgIpc) is 3.29. The molecular weight excluding hydrogens is 420 g/mol. The number of carboxylic acid groups (broad SMARTS) is 1. The van der Waals surface area contributed by atoms with E-state index in [9.17, 15) is 19.1 Å². The molecule has 2 aromatic rings. The van der Waals surface area contributed by atoms with Crippen LogP contribution in [0, 0.1) is 11.7 Å². The summed E-state index contributed by atoms with van der Waals surface area (Å²) < 4.78 is 36.0. The highest BCUT2D eigenvalue weighted by molar-refractivity contribution is 6.38. The summed E-state index contributed by atoms with van der Waals surface area (Å²) in [5, 5.41) is 9.14. The number of rotatable bonds is 3. The number of nitrogens with zero attached hydrogens (tertiary/aromatic N) is 2. The number of halogens is 3. The third-order valence-electron chi connectivity index (χ3n) is 6.49. The zero-order valence-electron chi connectivity index (χ0n) is 15.9. The summed E-state index contributed by atoms with van der Waals surface area (Å²) in [4.78, 5) is 25.9. The van der Waals surface area contributed by atoms with E-state index in [2.05, 4.69) is 0 Å². The van der Waals surface area contributed by atoms with E-state index in [1.54, 1.807) is 4.90 Å². The highest BCUT2D eigenvalue weighted by Gasteiger charge is 2.47. The lowest BCUT2D eigenvalue weighted by Crippen LogP contribution is -2.54. The highest BCUT2D eigenvalue weighted by Crippen LogP contribution is 2.45. The molecule has 4 atom stereocenters. The van der Waals surface area contributed by atoms with E-state index >= 15 is 4.39 Å². The van der Waals surface area contributed by atoms with Crippen LogP contribution in [0.3, 0.4) is 0 Å². The third-order valence-corrected chi connectivity index (χ3v) is 6.85. The SMILES string of the molecule is N[C@@]12COCC[C@H]1CN(c1c(F)cc3c(=O)c(C(=O)O)cn(C4C[C@@H]4F)c3c1Cl)C2. The first kappa shape index (κ1) is 19.7. The molecule has 0 radical (unpaired) electrons. The number of benzene rings is 1. The zero-order chi connectivity index (χ0) is 21.4. The molecule has 3 fully saturated rings. The number of alkyl halides is 1. The Bertz CT molecular complexity index is 1140. The number of pyridine rings is 1. The van der Waals surface area contributed by atoms with Crippen LogP contribution in [-0.2, 0) is 4.74 Å². The van der Waals surface area contributed by atoms with Crippen molar-refractivity contribution in [3.63, 3.8) is 0 Å². The summed E-state index contributed by atoms with van der Waals surface area (Å²) in [5.41, 5.74) is 4.70. The summed E-state index contributed by atoms with van der Waals surface area (Å²) in [7, 11) is 0. The first-order valence-corrected chi connectivity index (χ1v) is 10.1. The molecule has 3 aliphatic rings. The first-order chi connectivity index (χ1) is 14.2. The largest absolute Gasteiger partial charge is 0.477 e. The van der Waals surface area contributed by atoms with Gasteiger partial charge in [-0.15, -0.1) is 0 Å². The van der Waals surface area contributed by atoms with Crippen molar-refractivity contribution in [2.75, 3.05) is 31.2 Å². The molecule has 3 heterocycles. The lowest BCUT2D eigenvalue weighted by Gasteiger charge is -2.34. The molecule has 1 aromatic heterocycles. The molecule has 2 aliphatic heterocycles. The van der Waals surface area contributed by atoms with E-state index < -0.39 is 40.5 Å². The van der Waals surface area contributed by atoms with Crippen molar-refractivity contribution in [1.82, 2.24) is 4.57 Å². The monoisotopic (exact) mass is 439 g/mol. The fourth-order valence-corrected chi connectivity index (χ4v) is 5.18. The molecule has 30 heavy (non-hydrogen) atoms. The van der Waals surface area contributed by atoms with Gasteiger partial charge < -0.3 is 25.0 Å². The Morgan fingerprint density at radius 3 is 2.80 bits per heavy atom. The van der Waals surface area contributed by atoms with Crippen LogP contribution in [0.5, 0.6) is 0 Å². The molecule has 1 aliphatic carbocycles. The van der Waals surface area contributed by atoms with Gasteiger partial charge in [-0.2, -0.15) is 0 Å². The highest BCUT2D eigenvalue weighted by atomic mass is 35.5. The predicted octanol–water partition coefficient (Wildman–Crippen LogP) is 2.33. The Morgan fingerprint density at radius 2 is 2.17 bits per heavy atom. The maximum atomic E-state index is 15.2. The summed E-state index contributed by atoms with van der Waals surface area (Å²) in [6.07, 6.45) is 0.848.